The number of nitrogens with two attached hydrogens (primary N) is 2. The van der Waals surface area contributed by atoms with E-state index < -0.39 is 65.9 Å². The molecule has 0 spiro atoms. The fraction of sp³-hybridized carbons (Fsp3) is 0.529. The summed E-state index contributed by atoms with van der Waals surface area (Å²) in [5, 5.41) is 34.4. The minimum atomic E-state index is -1.56. The van der Waals surface area contributed by atoms with Crippen LogP contribution in [0.2, 0.25) is 0 Å². The molecule has 1 fully saturated rings. The molecular weight excluding hydrogens is 708 g/mol. The number of amides is 6. The Morgan fingerprint density at radius 1 is 0.833 bits per heavy atom. The monoisotopic (exact) mass is 760 g/mol. The molecule has 1 aliphatic heterocycles. The molecule has 20 heteroatoms. The van der Waals surface area contributed by atoms with Gasteiger partial charge < -0.3 is 63.3 Å². The molecule has 6 amide bonds. The maximum absolute atomic E-state index is 13.8. The summed E-state index contributed by atoms with van der Waals surface area (Å²) in [4.78, 5) is 90.6. The summed E-state index contributed by atoms with van der Waals surface area (Å²) in [5.74, 6) is -6.43. The van der Waals surface area contributed by atoms with Crippen LogP contribution < -0.4 is 48.7 Å². The lowest BCUT2D eigenvalue weighted by molar-refractivity contribution is -0.133. The molecule has 1 heterocycles. The minimum Gasteiger partial charge on any atom is -0.478 e. The Labute approximate surface area is 312 Å². The van der Waals surface area contributed by atoms with Crippen LogP contribution in [0.3, 0.4) is 0 Å². The summed E-state index contributed by atoms with van der Waals surface area (Å²) in [6.45, 7) is 1.49. The summed E-state index contributed by atoms with van der Waals surface area (Å²) in [6.07, 6.45) is 1.64. The number of hydrogen-bond donors (Lipinski definition) is 11. The second kappa shape index (κ2) is 25.4. The molecule has 0 bridgehead atoms. The van der Waals surface area contributed by atoms with Crippen molar-refractivity contribution in [1.29, 1.82) is 5.41 Å². The van der Waals surface area contributed by atoms with Crippen molar-refractivity contribution in [2.75, 3.05) is 52.6 Å². The molecule has 54 heavy (non-hydrogen) atoms. The van der Waals surface area contributed by atoms with E-state index in [1.807, 2.05) is 0 Å². The summed E-state index contributed by atoms with van der Waals surface area (Å²) >= 11 is 0. The number of unbranched alkanes of at least 4 members (excludes halogenated alkanes) is 1. The zero-order chi connectivity index (χ0) is 39.7. The number of hydrogen-bond acceptors (Lipinski definition) is 11. The minimum absolute atomic E-state index is 0.0391. The van der Waals surface area contributed by atoms with Crippen molar-refractivity contribution in [3.63, 3.8) is 0 Å². The normalized spacial score (nSPS) is 19.2. The van der Waals surface area contributed by atoms with E-state index in [-0.39, 0.29) is 63.7 Å². The second-order valence-corrected chi connectivity index (χ2v) is 12.1. The van der Waals surface area contributed by atoms with Gasteiger partial charge in [0.1, 0.15) is 23.8 Å². The summed E-state index contributed by atoms with van der Waals surface area (Å²) in [6, 6.07) is 4.84. The van der Waals surface area contributed by atoms with E-state index in [2.05, 4.69) is 37.2 Å². The summed E-state index contributed by atoms with van der Waals surface area (Å²) < 4.78 is 10.6. The average molecular weight is 761 g/mol. The van der Waals surface area contributed by atoms with E-state index in [1.165, 1.54) is 0 Å². The van der Waals surface area contributed by atoms with Gasteiger partial charge in [0.25, 0.3) is 5.91 Å². The van der Waals surface area contributed by atoms with Gasteiger partial charge in [0.15, 0.2) is 5.96 Å². The van der Waals surface area contributed by atoms with Crippen LogP contribution in [0.4, 0.5) is 0 Å². The number of aliphatic carboxylic acids is 1. The first kappa shape index (κ1) is 44.6. The number of guanidine groups is 1. The van der Waals surface area contributed by atoms with Gasteiger partial charge in [-0.05, 0) is 37.7 Å². The van der Waals surface area contributed by atoms with E-state index >= 15 is 0 Å². The highest BCUT2D eigenvalue weighted by Crippen LogP contribution is 2.09. The van der Waals surface area contributed by atoms with Gasteiger partial charge >= 0.3 is 5.97 Å². The highest BCUT2D eigenvalue weighted by atomic mass is 16.5. The first-order valence-electron chi connectivity index (χ1n) is 17.6. The molecule has 298 valence electrons. The lowest BCUT2D eigenvalue weighted by Crippen LogP contribution is -2.57. The van der Waals surface area contributed by atoms with Crippen molar-refractivity contribution < 1.29 is 48.1 Å². The van der Waals surface area contributed by atoms with Gasteiger partial charge in [-0.3, -0.25) is 34.2 Å². The van der Waals surface area contributed by atoms with Crippen molar-refractivity contribution in [3.05, 3.63) is 47.7 Å². The average Bonchev–Trinajstić information content (AvgIpc) is 3.13. The third kappa shape index (κ3) is 18.8. The van der Waals surface area contributed by atoms with Gasteiger partial charge in [-0.2, -0.15) is 0 Å². The highest BCUT2D eigenvalue weighted by Gasteiger charge is 2.31. The topological polar surface area (TPSA) is 318 Å². The molecule has 0 radical (unpaired) electrons. The van der Waals surface area contributed by atoms with E-state index in [4.69, 9.17) is 26.4 Å². The molecule has 1 saturated heterocycles. The number of carbonyl (C=O) groups excluding carboxylic acids is 6. The van der Waals surface area contributed by atoms with Crippen molar-refractivity contribution in [2.45, 2.75) is 63.1 Å². The SMILES string of the molecule is N=C(N)NCCC[C@@H]1NC(=O)C(CCCCNC(=O)CCOCCOCCN)NC(=O)[C@@H](Cc2ccccc2)NC(=O)/C(=C\C(=O)O)NC(=O)CNC1=O. The van der Waals surface area contributed by atoms with Gasteiger partial charge in [-0.15, -0.1) is 0 Å². The lowest BCUT2D eigenvalue weighted by atomic mass is 10.0. The molecule has 1 aliphatic rings. The van der Waals surface area contributed by atoms with Crippen LogP contribution >= 0.6 is 0 Å². The fourth-order valence-corrected chi connectivity index (χ4v) is 5.03. The Hall–Kier alpha value is -5.60. The number of carboxylic acid groups (broad SMARTS) is 1. The van der Waals surface area contributed by atoms with Crippen LogP contribution in [-0.4, -0.2) is 123 Å². The molecule has 13 N–H and O–H groups in total. The number of ether oxygens (including phenoxy) is 2. The first-order chi connectivity index (χ1) is 25.9. The fourth-order valence-electron chi connectivity index (χ4n) is 5.03. The van der Waals surface area contributed by atoms with E-state index in [0.717, 1.165) is 0 Å². The Morgan fingerprint density at radius 3 is 2.13 bits per heavy atom. The molecule has 0 aromatic heterocycles. The molecular formula is C34H52N10O10. The number of carbonyl (C=O) groups is 7. The largest absolute Gasteiger partial charge is 0.478 e. The van der Waals surface area contributed by atoms with Crippen LogP contribution in [0.5, 0.6) is 0 Å². The van der Waals surface area contributed by atoms with Crippen LogP contribution in [0.15, 0.2) is 42.1 Å². The molecule has 1 aromatic carbocycles. The zero-order valence-corrected chi connectivity index (χ0v) is 30.1. The predicted molar refractivity (Wildman–Crippen MR) is 194 cm³/mol. The Bertz CT molecular complexity index is 1460. The predicted octanol–water partition coefficient (Wildman–Crippen LogP) is -3.17. The van der Waals surface area contributed by atoms with E-state index in [1.54, 1.807) is 30.3 Å². The standard InChI is InChI=1S/C34H52N10O10/c35-12-16-54-18-17-53-15-11-27(45)38-13-5-4-9-24-31(50)42-23(10-6-14-39-34(36)37)30(49)40-21-28(46)41-26(20-29(47)48)33(52)44-25(32(51)43-24)19-22-7-2-1-3-8-22/h1-3,7-8,20,23-25H,4-6,9-19,21,35H2,(H,38,45)(H,40,49)(H,41,46)(H,42,50)(H,43,51)(H,44,52)(H,47,48)(H4,36,37,39)/b26-20+/t23-,24?,25+/m0/s1. The first-order valence-corrected chi connectivity index (χ1v) is 17.6. The molecule has 3 atom stereocenters. The maximum atomic E-state index is 13.8. The number of benzene rings is 1. The van der Waals surface area contributed by atoms with Crippen LogP contribution in [0.25, 0.3) is 0 Å². The van der Waals surface area contributed by atoms with E-state index in [9.17, 15) is 38.7 Å². The summed E-state index contributed by atoms with van der Waals surface area (Å²) in [5.41, 5.74) is 10.6. The third-order valence-electron chi connectivity index (χ3n) is 7.71. The number of nitrogens with one attached hydrogen (secondary N) is 8. The molecule has 1 aromatic rings. The molecule has 2 rings (SSSR count). The Balaban J connectivity index is 2.26. The van der Waals surface area contributed by atoms with E-state index in [0.29, 0.717) is 50.8 Å². The van der Waals surface area contributed by atoms with Gasteiger partial charge in [0.2, 0.25) is 29.5 Å². The molecule has 0 aliphatic carbocycles. The van der Waals surface area contributed by atoms with Gasteiger partial charge in [0.05, 0.1) is 39.0 Å². The van der Waals surface area contributed by atoms with Crippen LogP contribution in [0.1, 0.15) is 44.1 Å². The van der Waals surface area contributed by atoms with Crippen molar-refractivity contribution >= 4 is 47.4 Å². The third-order valence-corrected chi connectivity index (χ3v) is 7.71. The van der Waals surface area contributed by atoms with Gasteiger partial charge in [-0.1, -0.05) is 30.3 Å². The number of carboxylic acids is 1. The smallest absolute Gasteiger partial charge is 0.330 e. The zero-order valence-electron chi connectivity index (χ0n) is 30.1. The van der Waals surface area contributed by atoms with Crippen LogP contribution in [-0.2, 0) is 49.5 Å². The lowest BCUT2D eigenvalue weighted by Gasteiger charge is -2.25. The van der Waals surface area contributed by atoms with Gasteiger partial charge in [-0.25, -0.2) is 4.79 Å². The summed E-state index contributed by atoms with van der Waals surface area (Å²) in [7, 11) is 0. The maximum Gasteiger partial charge on any atom is 0.330 e. The second-order valence-electron chi connectivity index (χ2n) is 12.1. The quantitative estimate of drug-likeness (QED) is 0.0271. The Morgan fingerprint density at radius 2 is 1.46 bits per heavy atom. The molecule has 20 nitrogen and oxygen atoms in total. The van der Waals surface area contributed by atoms with Crippen molar-refractivity contribution in [3.8, 4) is 0 Å². The van der Waals surface area contributed by atoms with Gasteiger partial charge in [0, 0.05) is 32.5 Å². The Kier molecular flexibility index (Phi) is 21.0. The molecule has 1 unspecified atom stereocenters. The number of rotatable bonds is 20. The van der Waals surface area contributed by atoms with Crippen molar-refractivity contribution in [2.24, 2.45) is 11.5 Å². The van der Waals surface area contributed by atoms with Crippen molar-refractivity contribution in [1.82, 2.24) is 37.2 Å². The highest BCUT2D eigenvalue weighted by molar-refractivity contribution is 6.04. The van der Waals surface area contributed by atoms with Crippen LogP contribution in [0, 0.1) is 5.41 Å². The molecule has 0 saturated carbocycles.